The van der Waals surface area contributed by atoms with Crippen molar-refractivity contribution in [1.29, 1.82) is 0 Å². The van der Waals surface area contributed by atoms with E-state index in [0.29, 0.717) is 16.9 Å². The van der Waals surface area contributed by atoms with E-state index in [1.165, 1.54) is 6.07 Å². The van der Waals surface area contributed by atoms with Crippen LogP contribution in [0.4, 0.5) is 5.69 Å². The Kier molecular flexibility index (Phi) is 3.74. The summed E-state index contributed by atoms with van der Waals surface area (Å²) in [6.07, 6.45) is 0. The zero-order chi connectivity index (χ0) is 14.0. The van der Waals surface area contributed by atoms with Crippen molar-refractivity contribution in [2.24, 2.45) is 0 Å². The fourth-order valence-corrected chi connectivity index (χ4v) is 3.42. The van der Waals surface area contributed by atoms with E-state index in [1.54, 1.807) is 24.4 Å². The maximum atomic E-state index is 12.1. The minimum atomic E-state index is -3.65. The number of nitrogens with one attached hydrogen (secondary N) is 2. The number of benzene rings is 1. The lowest BCUT2D eigenvalue weighted by Gasteiger charge is -2.09. The monoisotopic (exact) mass is 299 g/mol. The first kappa shape index (κ1) is 13.8. The summed E-state index contributed by atoms with van der Waals surface area (Å²) in [6, 6.07) is 4.70. The molecule has 0 aliphatic carbocycles. The lowest BCUT2D eigenvalue weighted by Crippen LogP contribution is -2.24. The third-order valence-electron chi connectivity index (χ3n) is 2.53. The predicted molar refractivity (Wildman–Crippen MR) is 74.6 cm³/mol. The number of rotatable bonds is 4. The third kappa shape index (κ3) is 3.22. The van der Waals surface area contributed by atoms with E-state index < -0.39 is 10.0 Å². The standard InChI is InChI=1S/C11H13N3O3S2/c1-7-2-3-8(12)4-10(7)19(16,17)13-5-9-6-18-11(15)14-9/h2-4,6,13H,5,12H2,1H3,(H,14,15). The number of hydrogen-bond donors (Lipinski definition) is 3. The van der Waals surface area contributed by atoms with Crippen LogP contribution < -0.4 is 15.3 Å². The van der Waals surface area contributed by atoms with E-state index in [1.807, 2.05) is 0 Å². The van der Waals surface area contributed by atoms with Crippen LogP contribution in [0.5, 0.6) is 0 Å². The lowest BCUT2D eigenvalue weighted by atomic mass is 10.2. The second-order valence-corrected chi connectivity index (χ2v) is 6.60. The van der Waals surface area contributed by atoms with Gasteiger partial charge in [-0.05, 0) is 24.6 Å². The maximum Gasteiger partial charge on any atom is 0.304 e. The van der Waals surface area contributed by atoms with Crippen molar-refractivity contribution in [1.82, 2.24) is 9.71 Å². The number of aryl methyl sites for hydroxylation is 1. The van der Waals surface area contributed by atoms with E-state index in [9.17, 15) is 13.2 Å². The molecule has 0 atom stereocenters. The zero-order valence-electron chi connectivity index (χ0n) is 10.1. The first-order valence-corrected chi connectivity index (χ1v) is 7.77. The maximum absolute atomic E-state index is 12.1. The number of hydrogen-bond acceptors (Lipinski definition) is 5. The van der Waals surface area contributed by atoms with Crippen LogP contribution in [0.2, 0.25) is 0 Å². The summed E-state index contributed by atoms with van der Waals surface area (Å²) in [5, 5.41) is 1.58. The number of nitrogen functional groups attached to an aromatic ring is 1. The van der Waals surface area contributed by atoms with Crippen LogP contribution in [-0.4, -0.2) is 13.4 Å². The van der Waals surface area contributed by atoms with Crippen LogP contribution >= 0.6 is 11.3 Å². The average Bonchev–Trinajstić information content (AvgIpc) is 2.76. The Labute approximate surface area is 114 Å². The van der Waals surface area contributed by atoms with Gasteiger partial charge in [0.05, 0.1) is 11.4 Å². The number of thiazole rings is 1. The van der Waals surface area contributed by atoms with E-state index in [0.717, 1.165) is 11.3 Å². The van der Waals surface area contributed by atoms with Crippen molar-refractivity contribution in [3.05, 3.63) is 44.5 Å². The number of anilines is 1. The fraction of sp³-hybridized carbons (Fsp3) is 0.182. The van der Waals surface area contributed by atoms with Crippen LogP contribution in [0.1, 0.15) is 11.3 Å². The molecule has 6 nitrogen and oxygen atoms in total. The molecule has 0 fully saturated rings. The van der Waals surface area contributed by atoms with Crippen LogP contribution in [0, 0.1) is 6.92 Å². The van der Waals surface area contributed by atoms with Gasteiger partial charge < -0.3 is 10.7 Å². The van der Waals surface area contributed by atoms with Gasteiger partial charge >= 0.3 is 4.87 Å². The number of aromatic nitrogens is 1. The van der Waals surface area contributed by atoms with Crippen molar-refractivity contribution >= 4 is 27.0 Å². The predicted octanol–water partition coefficient (Wildman–Crippen LogP) is 0.806. The summed E-state index contributed by atoms with van der Waals surface area (Å²) in [5.41, 5.74) is 7.12. The van der Waals surface area contributed by atoms with Crippen molar-refractivity contribution in [2.75, 3.05) is 5.73 Å². The Bertz CT molecular complexity index is 747. The molecule has 0 aliphatic rings. The smallest absolute Gasteiger partial charge is 0.304 e. The van der Waals surface area contributed by atoms with Crippen molar-refractivity contribution < 1.29 is 8.42 Å². The van der Waals surface area contributed by atoms with Gasteiger partial charge in [-0.1, -0.05) is 17.4 Å². The molecule has 0 saturated carbocycles. The molecule has 0 aliphatic heterocycles. The summed E-state index contributed by atoms with van der Waals surface area (Å²) in [4.78, 5) is 13.4. The van der Waals surface area contributed by atoms with Gasteiger partial charge in [-0.15, -0.1) is 0 Å². The average molecular weight is 299 g/mol. The molecule has 0 bridgehead atoms. The topological polar surface area (TPSA) is 105 Å². The van der Waals surface area contributed by atoms with Crippen LogP contribution in [0.3, 0.4) is 0 Å². The zero-order valence-corrected chi connectivity index (χ0v) is 11.8. The summed E-state index contributed by atoms with van der Waals surface area (Å²) >= 11 is 0.990. The summed E-state index contributed by atoms with van der Waals surface area (Å²) in [7, 11) is -3.65. The van der Waals surface area contributed by atoms with E-state index >= 15 is 0 Å². The van der Waals surface area contributed by atoms with Crippen molar-refractivity contribution in [2.45, 2.75) is 18.4 Å². The third-order valence-corrected chi connectivity index (χ3v) is 4.79. The van der Waals surface area contributed by atoms with Gasteiger partial charge in [-0.3, -0.25) is 4.79 Å². The largest absolute Gasteiger partial charge is 0.399 e. The highest BCUT2D eigenvalue weighted by Crippen LogP contribution is 2.18. The van der Waals surface area contributed by atoms with E-state index in [4.69, 9.17) is 5.73 Å². The number of H-pyrrole nitrogens is 1. The molecular formula is C11H13N3O3S2. The van der Waals surface area contributed by atoms with Gasteiger partial charge in [-0.2, -0.15) is 0 Å². The van der Waals surface area contributed by atoms with Crippen molar-refractivity contribution in [3.63, 3.8) is 0 Å². The Hall–Kier alpha value is -1.64. The van der Waals surface area contributed by atoms with Gasteiger partial charge in [0.15, 0.2) is 0 Å². The quantitative estimate of drug-likeness (QED) is 0.726. The highest BCUT2D eigenvalue weighted by molar-refractivity contribution is 7.89. The summed E-state index contributed by atoms with van der Waals surface area (Å²) in [5.74, 6) is 0. The lowest BCUT2D eigenvalue weighted by molar-refractivity contribution is 0.580. The number of nitrogens with two attached hydrogens (primary N) is 1. The van der Waals surface area contributed by atoms with Gasteiger partial charge in [0, 0.05) is 16.8 Å². The normalized spacial score (nSPS) is 11.6. The SMILES string of the molecule is Cc1ccc(N)cc1S(=O)(=O)NCc1csc(=O)[nH]1. The van der Waals surface area contributed by atoms with Gasteiger partial charge in [-0.25, -0.2) is 13.1 Å². The highest BCUT2D eigenvalue weighted by atomic mass is 32.2. The molecule has 0 unspecified atom stereocenters. The van der Waals surface area contributed by atoms with Crippen LogP contribution in [0.15, 0.2) is 33.3 Å². The van der Waals surface area contributed by atoms with Gasteiger partial charge in [0.2, 0.25) is 10.0 Å². The minimum Gasteiger partial charge on any atom is -0.399 e. The molecule has 0 spiro atoms. The Morgan fingerprint density at radius 2 is 2.16 bits per heavy atom. The Balaban J connectivity index is 2.23. The van der Waals surface area contributed by atoms with E-state index in [-0.39, 0.29) is 16.3 Å². The fourth-order valence-electron chi connectivity index (χ4n) is 1.56. The van der Waals surface area contributed by atoms with Gasteiger partial charge in [0.25, 0.3) is 0 Å². The molecule has 102 valence electrons. The first-order valence-electron chi connectivity index (χ1n) is 5.41. The number of sulfonamides is 1. The molecule has 4 N–H and O–H groups in total. The molecule has 0 radical (unpaired) electrons. The summed E-state index contributed by atoms with van der Waals surface area (Å²) in [6.45, 7) is 1.73. The molecule has 2 rings (SSSR count). The highest BCUT2D eigenvalue weighted by Gasteiger charge is 2.17. The molecule has 8 heteroatoms. The molecule has 1 aromatic carbocycles. The summed E-state index contributed by atoms with van der Waals surface area (Å²) < 4.78 is 26.7. The molecule has 0 saturated heterocycles. The first-order chi connectivity index (χ1) is 8.88. The Morgan fingerprint density at radius 1 is 1.42 bits per heavy atom. The second-order valence-electron chi connectivity index (χ2n) is 4.02. The molecule has 0 amide bonds. The second kappa shape index (κ2) is 5.16. The van der Waals surface area contributed by atoms with E-state index in [2.05, 4.69) is 9.71 Å². The van der Waals surface area contributed by atoms with Gasteiger partial charge in [0.1, 0.15) is 0 Å². The molecule has 2 aromatic rings. The minimum absolute atomic E-state index is 0.0370. The molecular weight excluding hydrogens is 286 g/mol. The number of aromatic amines is 1. The molecule has 1 heterocycles. The van der Waals surface area contributed by atoms with Crippen molar-refractivity contribution in [3.8, 4) is 0 Å². The molecule has 19 heavy (non-hydrogen) atoms. The Morgan fingerprint density at radius 3 is 2.79 bits per heavy atom. The van der Waals surface area contributed by atoms with Crippen LogP contribution in [-0.2, 0) is 16.6 Å². The van der Waals surface area contributed by atoms with Crippen LogP contribution in [0.25, 0.3) is 0 Å². The molecule has 1 aromatic heterocycles.